The van der Waals surface area contributed by atoms with Gasteiger partial charge in [-0.15, -0.1) is 0 Å². The average Bonchev–Trinajstić information content (AvgIpc) is 2.80. The molecule has 0 bridgehead atoms. The summed E-state index contributed by atoms with van der Waals surface area (Å²) in [6.07, 6.45) is 1.94. The van der Waals surface area contributed by atoms with Gasteiger partial charge in [-0.2, -0.15) is 0 Å². The minimum absolute atomic E-state index is 0.285. The third-order valence-corrected chi connectivity index (χ3v) is 4.40. The number of aromatic carboxylic acids is 1. The van der Waals surface area contributed by atoms with Crippen LogP contribution in [0.15, 0.2) is 18.2 Å². The molecule has 1 saturated heterocycles. The highest BCUT2D eigenvalue weighted by Crippen LogP contribution is 2.37. The van der Waals surface area contributed by atoms with Crippen LogP contribution in [0.5, 0.6) is 5.75 Å². The van der Waals surface area contributed by atoms with Gasteiger partial charge < -0.3 is 19.7 Å². The minimum atomic E-state index is -0.860. The van der Waals surface area contributed by atoms with Crippen LogP contribution >= 0.6 is 0 Å². The summed E-state index contributed by atoms with van der Waals surface area (Å²) < 4.78 is 7.09. The smallest absolute Gasteiger partial charge is 0.352 e. The van der Waals surface area contributed by atoms with E-state index in [9.17, 15) is 9.90 Å². The SMILES string of the molecule is COc1ccc2c(c1)c(C1CCNCC1)c(C(=O)O)n2C. The Morgan fingerprint density at radius 3 is 2.71 bits per heavy atom. The van der Waals surface area contributed by atoms with Crippen LogP contribution in [0.1, 0.15) is 34.8 Å². The fourth-order valence-electron chi connectivity index (χ4n) is 3.36. The number of fused-ring (bicyclic) bond motifs is 1. The Hall–Kier alpha value is -2.01. The van der Waals surface area contributed by atoms with Crippen molar-refractivity contribution in [2.24, 2.45) is 7.05 Å². The number of ether oxygens (including phenoxy) is 1. The van der Waals surface area contributed by atoms with Gasteiger partial charge >= 0.3 is 5.97 Å². The Bertz CT molecular complexity index is 684. The molecule has 2 N–H and O–H groups in total. The van der Waals surface area contributed by atoms with E-state index in [2.05, 4.69) is 5.32 Å². The van der Waals surface area contributed by atoms with Gasteiger partial charge in [-0.25, -0.2) is 4.79 Å². The van der Waals surface area contributed by atoms with Gasteiger partial charge in [0.2, 0.25) is 0 Å². The fourth-order valence-corrected chi connectivity index (χ4v) is 3.36. The number of aryl methyl sites for hydroxylation is 1. The molecule has 1 fully saturated rings. The highest BCUT2D eigenvalue weighted by molar-refractivity contribution is 5.99. The number of nitrogens with zero attached hydrogens (tertiary/aromatic N) is 1. The lowest BCUT2D eigenvalue weighted by Gasteiger charge is -2.23. The van der Waals surface area contributed by atoms with Crippen molar-refractivity contribution in [2.75, 3.05) is 20.2 Å². The van der Waals surface area contributed by atoms with E-state index in [-0.39, 0.29) is 5.92 Å². The van der Waals surface area contributed by atoms with Crippen molar-refractivity contribution in [1.29, 1.82) is 0 Å². The molecular formula is C16H20N2O3. The standard InChI is InChI=1S/C16H20N2O3/c1-18-13-4-3-11(21-2)9-12(13)14(15(18)16(19)20)10-5-7-17-8-6-10/h3-4,9-10,17H,5-8H2,1-2H3,(H,19,20). The zero-order valence-corrected chi connectivity index (χ0v) is 12.3. The van der Waals surface area contributed by atoms with Crippen LogP contribution < -0.4 is 10.1 Å². The fraction of sp³-hybridized carbons (Fsp3) is 0.438. The summed E-state index contributed by atoms with van der Waals surface area (Å²) >= 11 is 0. The third kappa shape index (κ3) is 2.27. The molecule has 0 aliphatic carbocycles. The molecule has 1 aliphatic rings. The number of aromatic nitrogens is 1. The molecule has 0 spiro atoms. The zero-order chi connectivity index (χ0) is 15.0. The third-order valence-electron chi connectivity index (χ3n) is 4.40. The van der Waals surface area contributed by atoms with Crippen molar-refractivity contribution in [3.8, 4) is 5.75 Å². The minimum Gasteiger partial charge on any atom is -0.497 e. The number of carboxylic acids is 1. The molecule has 1 aliphatic heterocycles. The largest absolute Gasteiger partial charge is 0.497 e. The predicted molar refractivity (Wildman–Crippen MR) is 81.3 cm³/mol. The lowest BCUT2D eigenvalue weighted by atomic mass is 9.88. The molecule has 0 atom stereocenters. The van der Waals surface area contributed by atoms with Crippen LogP contribution in [0.3, 0.4) is 0 Å². The van der Waals surface area contributed by atoms with E-state index in [0.717, 1.165) is 48.1 Å². The zero-order valence-electron chi connectivity index (χ0n) is 12.3. The Balaban J connectivity index is 2.26. The van der Waals surface area contributed by atoms with E-state index in [1.165, 1.54) is 0 Å². The summed E-state index contributed by atoms with van der Waals surface area (Å²) in [5, 5.41) is 14.0. The monoisotopic (exact) mass is 288 g/mol. The maximum atomic E-state index is 11.7. The van der Waals surface area contributed by atoms with E-state index < -0.39 is 5.97 Å². The highest BCUT2D eigenvalue weighted by atomic mass is 16.5. The Labute approximate surface area is 123 Å². The second-order valence-corrected chi connectivity index (χ2v) is 5.53. The number of methoxy groups -OCH3 is 1. The number of rotatable bonds is 3. The van der Waals surface area contributed by atoms with E-state index in [1.807, 2.05) is 25.2 Å². The molecule has 5 nitrogen and oxygen atoms in total. The second kappa shape index (κ2) is 5.41. The lowest BCUT2D eigenvalue weighted by molar-refractivity contribution is 0.0685. The Morgan fingerprint density at radius 1 is 1.38 bits per heavy atom. The predicted octanol–water partition coefficient (Wildman–Crippen LogP) is 2.35. The maximum Gasteiger partial charge on any atom is 0.352 e. The van der Waals surface area contributed by atoms with Crippen LogP contribution in [0, 0.1) is 0 Å². The molecule has 2 heterocycles. The van der Waals surface area contributed by atoms with E-state index >= 15 is 0 Å². The highest BCUT2D eigenvalue weighted by Gasteiger charge is 2.27. The van der Waals surface area contributed by atoms with Gasteiger partial charge in [0, 0.05) is 18.0 Å². The number of nitrogens with one attached hydrogen (secondary N) is 1. The molecule has 21 heavy (non-hydrogen) atoms. The van der Waals surface area contributed by atoms with Crippen LogP contribution in [0.4, 0.5) is 0 Å². The summed E-state index contributed by atoms with van der Waals surface area (Å²) in [5.41, 5.74) is 2.31. The van der Waals surface area contributed by atoms with Crippen molar-refractivity contribution < 1.29 is 14.6 Å². The number of hydrogen-bond acceptors (Lipinski definition) is 3. The van der Waals surface area contributed by atoms with E-state index in [1.54, 1.807) is 11.7 Å². The molecule has 0 amide bonds. The Morgan fingerprint density at radius 2 is 2.10 bits per heavy atom. The van der Waals surface area contributed by atoms with Crippen LogP contribution in [-0.2, 0) is 7.05 Å². The van der Waals surface area contributed by atoms with Crippen LogP contribution in [-0.4, -0.2) is 35.8 Å². The van der Waals surface area contributed by atoms with Crippen molar-refractivity contribution in [3.05, 3.63) is 29.5 Å². The number of carbonyl (C=O) groups is 1. The first-order valence-electron chi connectivity index (χ1n) is 7.23. The van der Waals surface area contributed by atoms with Crippen molar-refractivity contribution in [2.45, 2.75) is 18.8 Å². The van der Waals surface area contributed by atoms with Crippen molar-refractivity contribution in [1.82, 2.24) is 9.88 Å². The topological polar surface area (TPSA) is 63.5 Å². The van der Waals surface area contributed by atoms with Gasteiger partial charge in [0.05, 0.1) is 7.11 Å². The first-order valence-corrected chi connectivity index (χ1v) is 7.23. The van der Waals surface area contributed by atoms with Crippen molar-refractivity contribution in [3.63, 3.8) is 0 Å². The average molecular weight is 288 g/mol. The molecule has 2 aromatic rings. The van der Waals surface area contributed by atoms with Gasteiger partial charge in [0.25, 0.3) is 0 Å². The Kier molecular flexibility index (Phi) is 3.59. The summed E-state index contributed by atoms with van der Waals surface area (Å²) in [6.45, 7) is 1.87. The maximum absolute atomic E-state index is 11.7. The molecule has 3 rings (SSSR count). The summed E-state index contributed by atoms with van der Waals surface area (Å²) in [5.74, 6) is 0.189. The summed E-state index contributed by atoms with van der Waals surface area (Å²) in [4.78, 5) is 11.7. The first kappa shape index (κ1) is 13.9. The normalized spacial score (nSPS) is 16.3. The van der Waals surface area contributed by atoms with E-state index in [4.69, 9.17) is 4.74 Å². The van der Waals surface area contributed by atoms with Gasteiger partial charge in [0.15, 0.2) is 0 Å². The van der Waals surface area contributed by atoms with Gasteiger partial charge in [0.1, 0.15) is 11.4 Å². The van der Waals surface area contributed by atoms with Gasteiger partial charge in [-0.3, -0.25) is 0 Å². The molecule has 112 valence electrons. The number of piperidine rings is 1. The first-order chi connectivity index (χ1) is 10.1. The molecule has 5 heteroatoms. The summed E-state index contributed by atoms with van der Waals surface area (Å²) in [7, 11) is 3.45. The number of hydrogen-bond donors (Lipinski definition) is 2. The molecule has 0 saturated carbocycles. The molecule has 1 aromatic heterocycles. The number of carboxylic acid groups (broad SMARTS) is 1. The van der Waals surface area contributed by atoms with Crippen LogP contribution in [0.25, 0.3) is 10.9 Å². The van der Waals surface area contributed by atoms with Crippen molar-refractivity contribution >= 4 is 16.9 Å². The quantitative estimate of drug-likeness (QED) is 0.910. The molecular weight excluding hydrogens is 268 g/mol. The van der Waals surface area contributed by atoms with Crippen LogP contribution in [0.2, 0.25) is 0 Å². The molecule has 1 aromatic carbocycles. The summed E-state index contributed by atoms with van der Waals surface area (Å²) in [6, 6.07) is 5.77. The van der Waals surface area contributed by atoms with E-state index in [0.29, 0.717) is 5.69 Å². The second-order valence-electron chi connectivity index (χ2n) is 5.53. The molecule has 0 radical (unpaired) electrons. The van der Waals surface area contributed by atoms with Gasteiger partial charge in [-0.05, 0) is 55.6 Å². The lowest BCUT2D eigenvalue weighted by Crippen LogP contribution is -2.27. The number of benzene rings is 1. The molecule has 0 unspecified atom stereocenters. The van der Waals surface area contributed by atoms with Gasteiger partial charge in [-0.1, -0.05) is 0 Å².